The fraction of sp³-hybridized carbons (Fsp3) is 0. The minimum atomic E-state index is -0.390. The van der Waals surface area contributed by atoms with E-state index in [0.29, 0.717) is 11.3 Å². The van der Waals surface area contributed by atoms with Crippen LogP contribution in [0.2, 0.25) is 0 Å². The number of fused-ring (bicyclic) bond motifs is 2. The minimum absolute atomic E-state index is 0.202. The van der Waals surface area contributed by atoms with Crippen LogP contribution in [0.4, 0.5) is 5.69 Å². The van der Waals surface area contributed by atoms with Crippen molar-refractivity contribution in [2.75, 3.05) is 4.90 Å². The maximum Gasteiger partial charge on any atom is 0.284 e. The first kappa shape index (κ1) is 14.9. The number of hydrogen-bond donors (Lipinski definition) is 0. The molecule has 124 valence electrons. The number of rotatable bonds is 2. The molecular formula is C20H11N3O2S. The highest BCUT2D eigenvalue weighted by molar-refractivity contribution is 7.21. The summed E-state index contributed by atoms with van der Waals surface area (Å²) >= 11 is 1.61. The highest BCUT2D eigenvalue weighted by atomic mass is 32.1. The molecule has 1 aliphatic rings. The quantitative estimate of drug-likeness (QED) is 0.505. The van der Waals surface area contributed by atoms with Gasteiger partial charge in [0, 0.05) is 11.8 Å². The third-order valence-corrected chi connectivity index (χ3v) is 5.40. The van der Waals surface area contributed by atoms with Gasteiger partial charge in [0.1, 0.15) is 10.7 Å². The highest BCUT2D eigenvalue weighted by Gasteiger charge is 2.37. The number of carbonyl (C=O) groups excluding carboxylic acids is 2. The van der Waals surface area contributed by atoms with Crippen LogP contribution in [0.3, 0.4) is 0 Å². The van der Waals surface area contributed by atoms with E-state index in [0.717, 1.165) is 20.8 Å². The number of benzene rings is 2. The predicted octanol–water partition coefficient (Wildman–Crippen LogP) is 4.16. The lowest BCUT2D eigenvalue weighted by Crippen LogP contribution is -2.29. The normalized spacial score (nSPS) is 13.5. The van der Waals surface area contributed by atoms with E-state index in [4.69, 9.17) is 0 Å². The van der Waals surface area contributed by atoms with Crippen molar-refractivity contribution >= 4 is 39.1 Å². The maximum absolute atomic E-state index is 12.5. The standard InChI is InChI=1S/C20H11N3O2S/c24-19-14-4-3-11-21-17(14)20(25)23(19)13-9-7-12(8-10-13)18-22-15-5-1-2-6-16(15)26-18/h1-11H. The zero-order valence-electron chi connectivity index (χ0n) is 13.4. The number of carbonyl (C=O) groups is 2. The van der Waals surface area contributed by atoms with E-state index in [9.17, 15) is 9.59 Å². The highest BCUT2D eigenvalue weighted by Crippen LogP contribution is 2.32. The lowest BCUT2D eigenvalue weighted by Gasteiger charge is -2.13. The molecule has 0 fully saturated rings. The average molecular weight is 357 g/mol. The van der Waals surface area contributed by atoms with Crippen LogP contribution in [0.25, 0.3) is 20.8 Å². The molecule has 0 saturated carbocycles. The van der Waals surface area contributed by atoms with E-state index in [2.05, 4.69) is 9.97 Å². The second-order valence-electron chi connectivity index (χ2n) is 5.88. The van der Waals surface area contributed by atoms with Gasteiger partial charge in [-0.3, -0.25) is 14.6 Å². The van der Waals surface area contributed by atoms with Gasteiger partial charge < -0.3 is 0 Å². The SMILES string of the molecule is O=C1c2cccnc2C(=O)N1c1ccc(-c2nc3ccccc3s2)cc1. The van der Waals surface area contributed by atoms with Crippen LogP contribution in [0.15, 0.2) is 66.9 Å². The van der Waals surface area contributed by atoms with E-state index in [1.54, 1.807) is 35.6 Å². The monoisotopic (exact) mass is 357 g/mol. The van der Waals surface area contributed by atoms with Gasteiger partial charge in [0.05, 0.1) is 21.5 Å². The second-order valence-corrected chi connectivity index (χ2v) is 6.91. The Kier molecular flexibility index (Phi) is 3.20. The number of nitrogens with zero attached hydrogens (tertiary/aromatic N) is 3. The topological polar surface area (TPSA) is 63.2 Å². The Bertz CT molecular complexity index is 1110. The summed E-state index contributed by atoms with van der Waals surface area (Å²) < 4.78 is 1.12. The van der Waals surface area contributed by atoms with Crippen molar-refractivity contribution in [1.29, 1.82) is 0 Å². The van der Waals surface area contributed by atoms with Gasteiger partial charge in [-0.05, 0) is 48.5 Å². The van der Waals surface area contributed by atoms with Gasteiger partial charge >= 0.3 is 0 Å². The van der Waals surface area contributed by atoms with Crippen LogP contribution < -0.4 is 4.90 Å². The first-order valence-corrected chi connectivity index (χ1v) is 8.84. The molecule has 5 nitrogen and oxygen atoms in total. The third-order valence-electron chi connectivity index (χ3n) is 4.31. The lowest BCUT2D eigenvalue weighted by molar-refractivity contribution is 0.0924. The molecule has 0 atom stereocenters. The fourth-order valence-corrected chi connectivity index (χ4v) is 4.02. The summed E-state index contributed by atoms with van der Waals surface area (Å²) in [6, 6.07) is 18.5. The summed E-state index contributed by atoms with van der Waals surface area (Å²) in [6.45, 7) is 0. The van der Waals surface area contributed by atoms with Gasteiger partial charge in [0.2, 0.25) is 0 Å². The van der Waals surface area contributed by atoms with E-state index in [-0.39, 0.29) is 11.6 Å². The van der Waals surface area contributed by atoms with Crippen LogP contribution in [0.5, 0.6) is 0 Å². The number of pyridine rings is 1. The molecule has 2 amide bonds. The Balaban J connectivity index is 1.51. The smallest absolute Gasteiger partial charge is 0.268 e. The molecule has 2 aromatic heterocycles. The summed E-state index contributed by atoms with van der Waals surface area (Å²) in [6.07, 6.45) is 1.52. The third kappa shape index (κ3) is 2.16. The van der Waals surface area contributed by atoms with Crippen molar-refractivity contribution < 1.29 is 9.59 Å². The number of para-hydroxylation sites is 1. The molecule has 0 aliphatic carbocycles. The molecule has 0 bridgehead atoms. The number of amides is 2. The molecule has 6 heteroatoms. The zero-order chi connectivity index (χ0) is 17.7. The Morgan fingerprint density at radius 3 is 2.42 bits per heavy atom. The van der Waals surface area contributed by atoms with Crippen LogP contribution in [0.1, 0.15) is 20.8 Å². The number of imide groups is 1. The zero-order valence-corrected chi connectivity index (χ0v) is 14.2. The van der Waals surface area contributed by atoms with Crippen molar-refractivity contribution in [1.82, 2.24) is 9.97 Å². The van der Waals surface area contributed by atoms with Gasteiger partial charge in [-0.15, -0.1) is 11.3 Å². The van der Waals surface area contributed by atoms with Crippen molar-refractivity contribution in [3.63, 3.8) is 0 Å². The van der Waals surface area contributed by atoms with Crippen molar-refractivity contribution in [3.05, 3.63) is 78.1 Å². The molecule has 26 heavy (non-hydrogen) atoms. The summed E-state index contributed by atoms with van der Waals surface area (Å²) in [5, 5.41) is 0.904. The van der Waals surface area contributed by atoms with E-state index in [1.807, 2.05) is 36.4 Å². The van der Waals surface area contributed by atoms with E-state index >= 15 is 0 Å². The summed E-state index contributed by atoms with van der Waals surface area (Å²) in [7, 11) is 0. The number of anilines is 1. The average Bonchev–Trinajstić information content (AvgIpc) is 3.22. The maximum atomic E-state index is 12.5. The Hall–Kier alpha value is -3.38. The molecule has 2 aromatic carbocycles. The van der Waals surface area contributed by atoms with Gasteiger partial charge in [-0.1, -0.05) is 12.1 Å². The summed E-state index contributed by atoms with van der Waals surface area (Å²) in [5.41, 5.74) is 2.98. The van der Waals surface area contributed by atoms with Gasteiger partial charge in [0.15, 0.2) is 0 Å². The molecule has 0 spiro atoms. The molecule has 0 saturated heterocycles. The fourth-order valence-electron chi connectivity index (χ4n) is 3.05. The van der Waals surface area contributed by atoms with Crippen LogP contribution in [0, 0.1) is 0 Å². The number of hydrogen-bond acceptors (Lipinski definition) is 5. The first-order chi connectivity index (χ1) is 12.7. The van der Waals surface area contributed by atoms with Crippen LogP contribution in [-0.4, -0.2) is 21.8 Å². The van der Waals surface area contributed by atoms with Crippen LogP contribution in [-0.2, 0) is 0 Å². The van der Waals surface area contributed by atoms with Crippen LogP contribution >= 0.6 is 11.3 Å². The van der Waals surface area contributed by atoms with Crippen molar-refractivity contribution in [2.45, 2.75) is 0 Å². The molecule has 5 rings (SSSR count). The second kappa shape index (κ2) is 5.57. The largest absolute Gasteiger partial charge is 0.284 e. The summed E-state index contributed by atoms with van der Waals surface area (Å²) in [5.74, 6) is -0.732. The Labute approximate surface area is 152 Å². The predicted molar refractivity (Wildman–Crippen MR) is 100 cm³/mol. The molecule has 0 radical (unpaired) electrons. The molecule has 4 aromatic rings. The Morgan fingerprint density at radius 1 is 0.846 bits per heavy atom. The van der Waals surface area contributed by atoms with E-state index in [1.165, 1.54) is 11.1 Å². The van der Waals surface area contributed by atoms with E-state index < -0.39 is 5.91 Å². The Morgan fingerprint density at radius 2 is 1.65 bits per heavy atom. The van der Waals surface area contributed by atoms with Gasteiger partial charge in [-0.25, -0.2) is 9.88 Å². The van der Waals surface area contributed by atoms with Crippen molar-refractivity contribution in [3.8, 4) is 10.6 Å². The molecule has 1 aliphatic heterocycles. The van der Waals surface area contributed by atoms with Gasteiger partial charge in [0.25, 0.3) is 11.8 Å². The first-order valence-electron chi connectivity index (χ1n) is 8.02. The minimum Gasteiger partial charge on any atom is -0.268 e. The molecule has 0 N–H and O–H groups in total. The lowest BCUT2D eigenvalue weighted by atomic mass is 10.2. The number of aromatic nitrogens is 2. The molecular weight excluding hydrogens is 346 g/mol. The molecule has 3 heterocycles. The summed E-state index contributed by atoms with van der Waals surface area (Å²) in [4.78, 5) is 34.9. The molecule has 0 unspecified atom stereocenters. The number of thiazole rings is 1. The van der Waals surface area contributed by atoms with Gasteiger partial charge in [-0.2, -0.15) is 0 Å². The van der Waals surface area contributed by atoms with Crippen molar-refractivity contribution in [2.24, 2.45) is 0 Å².